The monoisotopic (exact) mass is 329 g/mol. The standard InChI is InChI=1S/C14H20BrNO3/c1-14(2,3)19-13(17)16-8-7-10-5-6-11(15)9-12(10)18-4/h5-6,9H,7-8H2,1-4H3,(H,16,17). The van der Waals surface area contributed by atoms with Gasteiger partial charge in [0.2, 0.25) is 0 Å². The zero-order valence-corrected chi connectivity index (χ0v) is 13.3. The number of nitrogens with one attached hydrogen (secondary N) is 1. The SMILES string of the molecule is COc1cc(Br)ccc1CCNC(=O)OC(C)(C)C. The number of carbonyl (C=O) groups is 1. The number of carbonyl (C=O) groups excluding carboxylic acids is 1. The van der Waals surface area contributed by atoms with Crippen LogP contribution in [0.1, 0.15) is 26.3 Å². The highest BCUT2D eigenvalue weighted by Gasteiger charge is 2.15. The Morgan fingerprint density at radius 1 is 1.37 bits per heavy atom. The second-order valence-corrected chi connectivity index (χ2v) is 6.05. The quantitative estimate of drug-likeness (QED) is 0.919. The molecule has 0 atom stereocenters. The summed E-state index contributed by atoms with van der Waals surface area (Å²) in [7, 11) is 1.63. The Balaban J connectivity index is 2.47. The fraction of sp³-hybridized carbons (Fsp3) is 0.500. The Hall–Kier alpha value is -1.23. The maximum atomic E-state index is 11.5. The number of hydrogen-bond acceptors (Lipinski definition) is 3. The van der Waals surface area contributed by atoms with E-state index in [4.69, 9.17) is 9.47 Å². The van der Waals surface area contributed by atoms with Crippen LogP contribution in [0.4, 0.5) is 4.79 Å². The smallest absolute Gasteiger partial charge is 0.407 e. The number of amides is 1. The zero-order chi connectivity index (χ0) is 14.5. The summed E-state index contributed by atoms with van der Waals surface area (Å²) in [5.41, 5.74) is 0.570. The first-order chi connectivity index (χ1) is 8.81. The van der Waals surface area contributed by atoms with Gasteiger partial charge in [-0.25, -0.2) is 4.79 Å². The number of hydrogen-bond donors (Lipinski definition) is 1. The molecule has 0 bridgehead atoms. The summed E-state index contributed by atoms with van der Waals surface area (Å²) in [5, 5.41) is 2.73. The maximum absolute atomic E-state index is 11.5. The van der Waals surface area contributed by atoms with E-state index in [1.807, 2.05) is 39.0 Å². The van der Waals surface area contributed by atoms with Gasteiger partial charge in [-0.15, -0.1) is 0 Å². The van der Waals surface area contributed by atoms with Crippen molar-refractivity contribution in [3.05, 3.63) is 28.2 Å². The lowest BCUT2D eigenvalue weighted by Gasteiger charge is -2.19. The van der Waals surface area contributed by atoms with Crippen molar-refractivity contribution in [3.8, 4) is 5.75 Å². The van der Waals surface area contributed by atoms with Crippen molar-refractivity contribution in [1.82, 2.24) is 5.32 Å². The summed E-state index contributed by atoms with van der Waals surface area (Å²) in [6.45, 7) is 6.02. The fourth-order valence-electron chi connectivity index (χ4n) is 1.54. The van der Waals surface area contributed by atoms with Crippen LogP contribution in [0.25, 0.3) is 0 Å². The minimum atomic E-state index is -0.473. The van der Waals surface area contributed by atoms with Crippen molar-refractivity contribution < 1.29 is 14.3 Å². The third-order valence-corrected chi connectivity index (χ3v) is 2.80. The summed E-state index contributed by atoms with van der Waals surface area (Å²) >= 11 is 3.39. The topological polar surface area (TPSA) is 47.6 Å². The van der Waals surface area contributed by atoms with Crippen molar-refractivity contribution >= 4 is 22.0 Å². The molecule has 0 aromatic heterocycles. The first kappa shape index (κ1) is 15.8. The third kappa shape index (κ3) is 5.96. The maximum Gasteiger partial charge on any atom is 0.407 e. The molecule has 1 amide bonds. The zero-order valence-electron chi connectivity index (χ0n) is 11.7. The molecular weight excluding hydrogens is 310 g/mol. The number of benzene rings is 1. The second-order valence-electron chi connectivity index (χ2n) is 5.13. The molecule has 1 aromatic carbocycles. The lowest BCUT2D eigenvalue weighted by molar-refractivity contribution is 0.0528. The van der Waals surface area contributed by atoms with E-state index in [0.29, 0.717) is 13.0 Å². The van der Waals surface area contributed by atoms with Gasteiger partial charge in [-0.05, 0) is 44.9 Å². The van der Waals surface area contributed by atoms with Gasteiger partial charge in [-0.1, -0.05) is 22.0 Å². The Morgan fingerprint density at radius 3 is 2.63 bits per heavy atom. The van der Waals surface area contributed by atoms with E-state index in [2.05, 4.69) is 21.2 Å². The molecule has 0 radical (unpaired) electrons. The molecule has 0 unspecified atom stereocenters. The molecular formula is C14H20BrNO3. The number of methoxy groups -OCH3 is 1. The van der Waals surface area contributed by atoms with Crippen molar-refractivity contribution in [3.63, 3.8) is 0 Å². The fourth-order valence-corrected chi connectivity index (χ4v) is 1.88. The summed E-state index contributed by atoms with van der Waals surface area (Å²) in [6.07, 6.45) is 0.291. The van der Waals surface area contributed by atoms with Crippen LogP contribution in [0.3, 0.4) is 0 Å². The molecule has 1 rings (SSSR count). The van der Waals surface area contributed by atoms with Gasteiger partial charge in [0.25, 0.3) is 0 Å². The van der Waals surface area contributed by atoms with Crippen LogP contribution in [0.2, 0.25) is 0 Å². The predicted octanol–water partition coefficient (Wildman–Crippen LogP) is 3.52. The first-order valence-corrected chi connectivity index (χ1v) is 6.90. The lowest BCUT2D eigenvalue weighted by atomic mass is 10.1. The molecule has 0 spiro atoms. The summed E-state index contributed by atoms with van der Waals surface area (Å²) in [4.78, 5) is 11.5. The van der Waals surface area contributed by atoms with Gasteiger partial charge in [0.05, 0.1) is 7.11 Å². The lowest BCUT2D eigenvalue weighted by Crippen LogP contribution is -2.33. The van der Waals surface area contributed by atoms with E-state index < -0.39 is 11.7 Å². The average molecular weight is 330 g/mol. The van der Waals surface area contributed by atoms with Crippen LogP contribution < -0.4 is 10.1 Å². The van der Waals surface area contributed by atoms with Crippen molar-refractivity contribution in [2.75, 3.05) is 13.7 Å². The van der Waals surface area contributed by atoms with Gasteiger partial charge in [0.1, 0.15) is 11.4 Å². The highest BCUT2D eigenvalue weighted by molar-refractivity contribution is 9.10. The summed E-state index contributed by atoms with van der Waals surface area (Å²) in [6, 6.07) is 5.83. The van der Waals surface area contributed by atoms with Crippen molar-refractivity contribution in [2.24, 2.45) is 0 Å². The van der Waals surface area contributed by atoms with Crippen LogP contribution in [0, 0.1) is 0 Å². The van der Waals surface area contributed by atoms with Crippen LogP contribution in [0.5, 0.6) is 5.75 Å². The molecule has 0 fully saturated rings. The van der Waals surface area contributed by atoms with Gasteiger partial charge >= 0.3 is 6.09 Å². The molecule has 1 aromatic rings. The molecule has 19 heavy (non-hydrogen) atoms. The molecule has 0 aliphatic rings. The Morgan fingerprint density at radius 2 is 2.05 bits per heavy atom. The van der Waals surface area contributed by atoms with E-state index in [-0.39, 0.29) is 0 Å². The Kier molecular flexibility index (Phi) is 5.66. The van der Waals surface area contributed by atoms with E-state index in [1.165, 1.54) is 0 Å². The second kappa shape index (κ2) is 6.80. The number of rotatable bonds is 4. The van der Waals surface area contributed by atoms with E-state index in [9.17, 15) is 4.79 Å². The van der Waals surface area contributed by atoms with Gasteiger partial charge in [-0.3, -0.25) is 0 Å². The van der Waals surface area contributed by atoms with E-state index in [0.717, 1.165) is 15.8 Å². The molecule has 0 saturated heterocycles. The van der Waals surface area contributed by atoms with Gasteiger partial charge in [-0.2, -0.15) is 0 Å². The molecule has 5 heteroatoms. The largest absolute Gasteiger partial charge is 0.496 e. The number of halogens is 1. The summed E-state index contributed by atoms with van der Waals surface area (Å²) in [5.74, 6) is 0.806. The van der Waals surface area contributed by atoms with Crippen molar-refractivity contribution in [2.45, 2.75) is 32.8 Å². The molecule has 1 N–H and O–H groups in total. The molecule has 0 aliphatic heterocycles. The Bertz CT molecular complexity index is 441. The Labute approximate surface area is 122 Å². The number of ether oxygens (including phenoxy) is 2. The van der Waals surface area contributed by atoms with Crippen LogP contribution in [-0.4, -0.2) is 25.3 Å². The van der Waals surface area contributed by atoms with Gasteiger partial charge < -0.3 is 14.8 Å². The highest BCUT2D eigenvalue weighted by atomic mass is 79.9. The van der Waals surface area contributed by atoms with Crippen LogP contribution in [0.15, 0.2) is 22.7 Å². The van der Waals surface area contributed by atoms with Crippen LogP contribution >= 0.6 is 15.9 Å². The normalized spacial score (nSPS) is 11.0. The molecule has 4 nitrogen and oxygen atoms in total. The molecule has 0 saturated carbocycles. The average Bonchev–Trinajstić information content (AvgIpc) is 2.28. The molecule has 0 heterocycles. The van der Waals surface area contributed by atoms with Gasteiger partial charge in [0.15, 0.2) is 0 Å². The van der Waals surface area contributed by atoms with Gasteiger partial charge in [0, 0.05) is 11.0 Å². The van der Waals surface area contributed by atoms with Crippen LogP contribution in [-0.2, 0) is 11.2 Å². The first-order valence-electron chi connectivity index (χ1n) is 6.11. The summed E-state index contributed by atoms with van der Waals surface area (Å²) < 4.78 is 11.4. The third-order valence-electron chi connectivity index (χ3n) is 2.31. The minimum absolute atomic E-state index is 0.399. The van der Waals surface area contributed by atoms with E-state index >= 15 is 0 Å². The van der Waals surface area contributed by atoms with E-state index in [1.54, 1.807) is 7.11 Å². The minimum Gasteiger partial charge on any atom is -0.496 e. The molecule has 0 aliphatic carbocycles. The van der Waals surface area contributed by atoms with Crippen molar-refractivity contribution in [1.29, 1.82) is 0 Å². The predicted molar refractivity (Wildman–Crippen MR) is 78.6 cm³/mol. The molecule has 106 valence electrons. The number of alkyl carbamates (subject to hydrolysis) is 1. The highest BCUT2D eigenvalue weighted by Crippen LogP contribution is 2.23.